The molecule has 1 amide bonds. The molecule has 1 aromatic rings. The summed E-state index contributed by atoms with van der Waals surface area (Å²) in [6, 6.07) is 2.43. The number of carbonyl (C=O) groups excluding carboxylic acids is 2. The Labute approximate surface area is 186 Å². The Morgan fingerprint density at radius 1 is 1.16 bits per heavy atom. The van der Waals surface area contributed by atoms with Crippen molar-refractivity contribution in [2.45, 2.75) is 50.2 Å². The standard InChI is InChI=1S/C20H29F2N3O6S/c1-2-30-20(27)16-3-4-18(31-16)32(28,29)25-11-5-14(6-12-25)19(26)23-15-7-9-24(10-8-15)13-17(21)22/h3-4,14-15,17H,2,5-13H2,1H3,(H,23,26). The molecule has 2 saturated heterocycles. The van der Waals surface area contributed by atoms with E-state index in [-0.39, 0.29) is 55.0 Å². The fourth-order valence-electron chi connectivity index (χ4n) is 4.03. The van der Waals surface area contributed by atoms with Crippen molar-refractivity contribution < 1.29 is 35.9 Å². The molecule has 0 aromatic carbocycles. The van der Waals surface area contributed by atoms with Crippen molar-refractivity contribution >= 4 is 21.9 Å². The van der Waals surface area contributed by atoms with E-state index in [4.69, 9.17) is 9.15 Å². The number of likely N-dealkylation sites (tertiary alicyclic amines) is 1. The van der Waals surface area contributed by atoms with Crippen LogP contribution in [0.3, 0.4) is 0 Å². The largest absolute Gasteiger partial charge is 0.460 e. The predicted octanol–water partition coefficient (Wildman–Crippen LogP) is 1.70. The molecule has 0 atom stereocenters. The fourth-order valence-corrected chi connectivity index (χ4v) is 5.41. The van der Waals surface area contributed by atoms with Crippen molar-refractivity contribution in [2.24, 2.45) is 5.92 Å². The molecule has 3 heterocycles. The molecule has 0 spiro atoms. The Kier molecular flexibility index (Phi) is 8.23. The molecule has 32 heavy (non-hydrogen) atoms. The van der Waals surface area contributed by atoms with Gasteiger partial charge in [0, 0.05) is 38.1 Å². The third-order valence-electron chi connectivity index (χ3n) is 5.81. The van der Waals surface area contributed by atoms with Gasteiger partial charge in [-0.3, -0.25) is 9.69 Å². The first-order valence-electron chi connectivity index (χ1n) is 10.8. The molecule has 0 saturated carbocycles. The first-order chi connectivity index (χ1) is 15.2. The molecule has 12 heteroatoms. The topological polar surface area (TPSA) is 109 Å². The number of ether oxygens (including phenoxy) is 1. The Bertz CT molecular complexity index is 891. The van der Waals surface area contributed by atoms with Gasteiger partial charge in [0.05, 0.1) is 13.2 Å². The second-order valence-electron chi connectivity index (χ2n) is 7.99. The van der Waals surface area contributed by atoms with Crippen LogP contribution in [0.2, 0.25) is 0 Å². The van der Waals surface area contributed by atoms with Crippen LogP contribution in [0.25, 0.3) is 0 Å². The first kappa shape index (κ1) is 24.6. The molecule has 2 fully saturated rings. The summed E-state index contributed by atoms with van der Waals surface area (Å²) in [6.45, 7) is 2.88. The number of sulfonamides is 1. The lowest BCUT2D eigenvalue weighted by Gasteiger charge is -2.34. The fraction of sp³-hybridized carbons (Fsp3) is 0.700. The molecule has 1 aromatic heterocycles. The number of piperidine rings is 2. The van der Waals surface area contributed by atoms with Gasteiger partial charge in [-0.2, -0.15) is 4.31 Å². The highest BCUT2D eigenvalue weighted by atomic mass is 32.2. The van der Waals surface area contributed by atoms with Gasteiger partial charge in [-0.1, -0.05) is 0 Å². The number of carbonyl (C=O) groups is 2. The number of nitrogens with one attached hydrogen (secondary N) is 1. The van der Waals surface area contributed by atoms with Gasteiger partial charge >= 0.3 is 5.97 Å². The molecule has 1 N–H and O–H groups in total. The smallest absolute Gasteiger partial charge is 0.374 e. The minimum Gasteiger partial charge on any atom is -0.460 e. The van der Waals surface area contributed by atoms with Crippen LogP contribution in [0.1, 0.15) is 43.2 Å². The average Bonchev–Trinajstić information content (AvgIpc) is 3.26. The summed E-state index contributed by atoms with van der Waals surface area (Å²) in [5, 5.41) is 2.65. The zero-order valence-corrected chi connectivity index (χ0v) is 18.8. The Balaban J connectivity index is 1.48. The van der Waals surface area contributed by atoms with Crippen molar-refractivity contribution in [1.29, 1.82) is 0 Å². The number of amides is 1. The average molecular weight is 478 g/mol. The summed E-state index contributed by atoms with van der Waals surface area (Å²) in [6.07, 6.45) is -0.401. The lowest BCUT2D eigenvalue weighted by molar-refractivity contribution is -0.127. The zero-order valence-electron chi connectivity index (χ0n) is 18.0. The highest BCUT2D eigenvalue weighted by molar-refractivity contribution is 7.89. The highest BCUT2D eigenvalue weighted by Crippen LogP contribution is 2.26. The number of esters is 1. The molecule has 2 aliphatic rings. The molecule has 2 aliphatic heterocycles. The molecular weight excluding hydrogens is 448 g/mol. The van der Waals surface area contributed by atoms with Gasteiger partial charge in [0.15, 0.2) is 0 Å². The van der Waals surface area contributed by atoms with Gasteiger partial charge in [-0.25, -0.2) is 22.0 Å². The molecule has 0 unspecified atom stereocenters. The van der Waals surface area contributed by atoms with E-state index in [1.54, 1.807) is 11.8 Å². The quantitative estimate of drug-likeness (QED) is 0.568. The molecular formula is C20H29F2N3O6S. The van der Waals surface area contributed by atoms with Crippen LogP contribution in [-0.2, 0) is 19.6 Å². The van der Waals surface area contributed by atoms with Crippen LogP contribution < -0.4 is 5.32 Å². The van der Waals surface area contributed by atoms with Crippen molar-refractivity contribution in [3.05, 3.63) is 17.9 Å². The van der Waals surface area contributed by atoms with Gasteiger partial charge in [-0.05, 0) is 44.7 Å². The zero-order chi connectivity index (χ0) is 23.3. The van der Waals surface area contributed by atoms with E-state index in [2.05, 4.69) is 5.32 Å². The summed E-state index contributed by atoms with van der Waals surface area (Å²) < 4.78 is 61.8. The van der Waals surface area contributed by atoms with E-state index in [9.17, 15) is 26.8 Å². The van der Waals surface area contributed by atoms with Gasteiger partial charge in [0.1, 0.15) is 0 Å². The number of rotatable bonds is 8. The third-order valence-corrected chi connectivity index (χ3v) is 7.58. The Morgan fingerprint density at radius 3 is 2.41 bits per heavy atom. The first-order valence-corrected chi connectivity index (χ1v) is 12.2. The summed E-state index contributed by atoms with van der Waals surface area (Å²) in [5.74, 6) is -1.35. The maximum absolute atomic E-state index is 12.8. The van der Waals surface area contributed by atoms with Crippen LogP contribution >= 0.6 is 0 Å². The van der Waals surface area contributed by atoms with Crippen molar-refractivity contribution in [3.8, 4) is 0 Å². The molecule has 0 radical (unpaired) electrons. The second-order valence-corrected chi connectivity index (χ2v) is 9.86. The number of hydrogen-bond acceptors (Lipinski definition) is 7. The van der Waals surface area contributed by atoms with Crippen molar-refractivity contribution in [1.82, 2.24) is 14.5 Å². The van der Waals surface area contributed by atoms with E-state index in [1.165, 1.54) is 16.4 Å². The normalized spacial score (nSPS) is 19.9. The minimum atomic E-state index is -3.92. The Hall–Kier alpha value is -2.05. The van der Waals surface area contributed by atoms with Gasteiger partial charge in [0.25, 0.3) is 16.4 Å². The van der Waals surface area contributed by atoms with Gasteiger partial charge < -0.3 is 14.5 Å². The molecule has 0 bridgehead atoms. The van der Waals surface area contributed by atoms with Gasteiger partial charge in [-0.15, -0.1) is 0 Å². The van der Waals surface area contributed by atoms with Crippen LogP contribution in [0.5, 0.6) is 0 Å². The molecule has 180 valence electrons. The van der Waals surface area contributed by atoms with Crippen molar-refractivity contribution in [3.63, 3.8) is 0 Å². The number of furan rings is 1. The van der Waals surface area contributed by atoms with E-state index in [0.29, 0.717) is 38.8 Å². The predicted molar refractivity (Wildman–Crippen MR) is 110 cm³/mol. The third kappa shape index (κ3) is 6.04. The lowest BCUT2D eigenvalue weighted by atomic mass is 9.96. The van der Waals surface area contributed by atoms with Gasteiger partial charge in [0.2, 0.25) is 16.8 Å². The maximum Gasteiger partial charge on any atom is 0.374 e. The number of halogens is 2. The van der Waals surface area contributed by atoms with Crippen LogP contribution in [-0.4, -0.2) is 81.3 Å². The lowest BCUT2D eigenvalue weighted by Crippen LogP contribution is -2.49. The SMILES string of the molecule is CCOC(=O)c1ccc(S(=O)(=O)N2CCC(C(=O)NC3CCN(CC(F)F)CC3)CC2)o1. The Morgan fingerprint density at radius 2 is 1.81 bits per heavy atom. The summed E-state index contributed by atoms with van der Waals surface area (Å²) in [4.78, 5) is 26.0. The molecule has 9 nitrogen and oxygen atoms in total. The van der Waals surface area contributed by atoms with E-state index < -0.39 is 22.4 Å². The van der Waals surface area contributed by atoms with E-state index >= 15 is 0 Å². The van der Waals surface area contributed by atoms with Crippen LogP contribution in [0.15, 0.2) is 21.6 Å². The highest BCUT2D eigenvalue weighted by Gasteiger charge is 2.35. The van der Waals surface area contributed by atoms with Crippen molar-refractivity contribution in [2.75, 3.05) is 39.3 Å². The number of nitrogens with zero attached hydrogens (tertiary/aromatic N) is 2. The second kappa shape index (κ2) is 10.7. The monoisotopic (exact) mass is 477 g/mol. The minimum absolute atomic E-state index is 0.0531. The maximum atomic E-state index is 12.8. The number of hydrogen-bond donors (Lipinski definition) is 1. The molecule has 0 aliphatic carbocycles. The van der Waals surface area contributed by atoms with E-state index in [1.807, 2.05) is 0 Å². The summed E-state index contributed by atoms with van der Waals surface area (Å²) in [7, 11) is -3.92. The summed E-state index contributed by atoms with van der Waals surface area (Å²) >= 11 is 0. The van der Waals surface area contributed by atoms with E-state index in [0.717, 1.165) is 0 Å². The number of alkyl halides is 2. The summed E-state index contributed by atoms with van der Waals surface area (Å²) in [5.41, 5.74) is 0. The molecule has 3 rings (SSSR count). The van der Waals surface area contributed by atoms with Crippen LogP contribution in [0.4, 0.5) is 8.78 Å². The van der Waals surface area contributed by atoms with Crippen LogP contribution in [0, 0.1) is 5.92 Å².